The first-order valence-electron chi connectivity index (χ1n) is 6.23. The van der Waals surface area contributed by atoms with Gasteiger partial charge in [0, 0.05) is 10.8 Å². The summed E-state index contributed by atoms with van der Waals surface area (Å²) in [4.78, 5) is 11.7. The number of hydrogen-bond acceptors (Lipinski definition) is 5. The van der Waals surface area contributed by atoms with Crippen molar-refractivity contribution in [2.45, 2.75) is 32.8 Å². The van der Waals surface area contributed by atoms with Gasteiger partial charge < -0.3 is 14.2 Å². The summed E-state index contributed by atoms with van der Waals surface area (Å²) < 4.78 is 16.4. The zero-order valence-corrected chi connectivity index (χ0v) is 11.5. The van der Waals surface area contributed by atoms with E-state index in [4.69, 9.17) is 14.2 Å². The Morgan fingerprint density at radius 1 is 1.56 bits per heavy atom. The summed E-state index contributed by atoms with van der Waals surface area (Å²) in [5.74, 6) is 1.32. The first-order chi connectivity index (χ1) is 8.70. The molecule has 5 heteroatoms. The van der Waals surface area contributed by atoms with Crippen molar-refractivity contribution in [2.24, 2.45) is 5.92 Å². The number of ether oxygens (including phenoxy) is 3. The van der Waals surface area contributed by atoms with Crippen LogP contribution in [0.3, 0.4) is 0 Å². The first-order valence-corrected chi connectivity index (χ1v) is 7.17. The van der Waals surface area contributed by atoms with Gasteiger partial charge in [-0.2, -0.15) is 0 Å². The SMILES string of the molecule is CCCC(C)C(=O)OCC1COc2cscc2O1. The van der Waals surface area contributed by atoms with Crippen molar-refractivity contribution in [3.63, 3.8) is 0 Å². The molecule has 0 amide bonds. The molecule has 4 nitrogen and oxygen atoms in total. The minimum Gasteiger partial charge on any atom is -0.485 e. The van der Waals surface area contributed by atoms with E-state index >= 15 is 0 Å². The van der Waals surface area contributed by atoms with Crippen molar-refractivity contribution in [2.75, 3.05) is 13.2 Å². The van der Waals surface area contributed by atoms with E-state index in [9.17, 15) is 4.79 Å². The van der Waals surface area contributed by atoms with E-state index in [1.165, 1.54) is 11.3 Å². The zero-order chi connectivity index (χ0) is 13.0. The normalized spacial score (nSPS) is 19.3. The molecule has 1 aromatic rings. The summed E-state index contributed by atoms with van der Waals surface area (Å²) in [6, 6.07) is 0. The molecule has 0 radical (unpaired) electrons. The molecule has 0 aromatic carbocycles. The highest BCUT2D eigenvalue weighted by molar-refractivity contribution is 7.08. The summed E-state index contributed by atoms with van der Waals surface area (Å²) in [6.45, 7) is 4.63. The highest BCUT2D eigenvalue weighted by Gasteiger charge is 2.24. The summed E-state index contributed by atoms with van der Waals surface area (Å²) in [5, 5.41) is 3.80. The molecule has 2 rings (SSSR count). The van der Waals surface area contributed by atoms with Gasteiger partial charge in [-0.25, -0.2) is 0 Å². The van der Waals surface area contributed by atoms with Gasteiger partial charge in [-0.15, -0.1) is 11.3 Å². The molecule has 0 fully saturated rings. The van der Waals surface area contributed by atoms with Gasteiger partial charge in [-0.05, 0) is 6.42 Å². The fraction of sp³-hybridized carbons (Fsp3) is 0.615. The van der Waals surface area contributed by atoms with Crippen LogP contribution in [0.2, 0.25) is 0 Å². The molecule has 1 aromatic heterocycles. The Balaban J connectivity index is 1.77. The molecule has 0 spiro atoms. The van der Waals surface area contributed by atoms with Gasteiger partial charge in [0.2, 0.25) is 0 Å². The Kier molecular flexibility index (Phi) is 4.47. The maximum Gasteiger partial charge on any atom is 0.308 e. The fourth-order valence-corrected chi connectivity index (χ4v) is 2.48. The van der Waals surface area contributed by atoms with Gasteiger partial charge in [-0.3, -0.25) is 4.79 Å². The largest absolute Gasteiger partial charge is 0.485 e. The average Bonchev–Trinajstić information content (AvgIpc) is 2.83. The van der Waals surface area contributed by atoms with Crippen LogP contribution in [0.5, 0.6) is 11.5 Å². The van der Waals surface area contributed by atoms with Crippen LogP contribution in [0.4, 0.5) is 0 Å². The van der Waals surface area contributed by atoms with Crippen LogP contribution in [0.15, 0.2) is 10.8 Å². The van der Waals surface area contributed by atoms with Crippen LogP contribution in [0, 0.1) is 5.92 Å². The Labute approximate surface area is 111 Å². The van der Waals surface area contributed by atoms with Gasteiger partial charge >= 0.3 is 5.97 Å². The predicted molar refractivity (Wildman–Crippen MR) is 69.3 cm³/mol. The minimum absolute atomic E-state index is 0.0452. The molecule has 100 valence electrons. The van der Waals surface area contributed by atoms with Crippen LogP contribution in [0.25, 0.3) is 0 Å². The zero-order valence-electron chi connectivity index (χ0n) is 10.7. The third-order valence-electron chi connectivity index (χ3n) is 2.85. The third kappa shape index (κ3) is 3.16. The number of thiophene rings is 1. The van der Waals surface area contributed by atoms with E-state index in [0.717, 1.165) is 24.3 Å². The minimum atomic E-state index is -0.204. The van der Waals surface area contributed by atoms with Crippen molar-refractivity contribution < 1.29 is 19.0 Å². The quantitative estimate of drug-likeness (QED) is 0.772. The number of esters is 1. The highest BCUT2D eigenvalue weighted by atomic mass is 32.1. The lowest BCUT2D eigenvalue weighted by Gasteiger charge is -2.24. The highest BCUT2D eigenvalue weighted by Crippen LogP contribution is 2.35. The topological polar surface area (TPSA) is 44.8 Å². The first kappa shape index (κ1) is 13.2. The van der Waals surface area contributed by atoms with E-state index in [0.29, 0.717) is 6.61 Å². The van der Waals surface area contributed by atoms with Crippen molar-refractivity contribution in [1.29, 1.82) is 0 Å². The van der Waals surface area contributed by atoms with E-state index in [1.54, 1.807) is 0 Å². The summed E-state index contributed by atoms with van der Waals surface area (Å²) in [6.07, 6.45) is 1.64. The van der Waals surface area contributed by atoms with Crippen LogP contribution < -0.4 is 9.47 Å². The molecular weight excluding hydrogens is 252 g/mol. The molecule has 0 bridgehead atoms. The van der Waals surface area contributed by atoms with Crippen molar-refractivity contribution in [3.05, 3.63) is 10.8 Å². The monoisotopic (exact) mass is 270 g/mol. The summed E-state index contributed by atoms with van der Waals surface area (Å²) >= 11 is 1.54. The van der Waals surface area contributed by atoms with Crippen LogP contribution in [-0.2, 0) is 9.53 Å². The molecule has 1 aliphatic heterocycles. The van der Waals surface area contributed by atoms with Crippen LogP contribution in [0.1, 0.15) is 26.7 Å². The molecule has 2 unspecified atom stereocenters. The smallest absolute Gasteiger partial charge is 0.308 e. The second kappa shape index (κ2) is 6.09. The molecule has 2 heterocycles. The van der Waals surface area contributed by atoms with E-state index < -0.39 is 0 Å². The lowest BCUT2D eigenvalue weighted by atomic mass is 10.1. The Morgan fingerprint density at radius 2 is 2.33 bits per heavy atom. The molecule has 1 aliphatic rings. The van der Waals surface area contributed by atoms with E-state index in [1.807, 2.05) is 17.7 Å². The van der Waals surface area contributed by atoms with Gasteiger partial charge in [-0.1, -0.05) is 20.3 Å². The van der Waals surface area contributed by atoms with Crippen LogP contribution in [-0.4, -0.2) is 25.3 Å². The Bertz CT molecular complexity index is 401. The Hall–Kier alpha value is -1.23. The molecule has 0 aliphatic carbocycles. The number of fused-ring (bicyclic) bond motifs is 1. The molecule has 0 saturated heterocycles. The van der Waals surface area contributed by atoms with Gasteiger partial charge in [0.25, 0.3) is 0 Å². The Morgan fingerprint density at radius 3 is 3.11 bits per heavy atom. The van der Waals surface area contributed by atoms with Gasteiger partial charge in [0.05, 0.1) is 5.92 Å². The van der Waals surface area contributed by atoms with Gasteiger partial charge in [0.15, 0.2) is 17.6 Å². The second-order valence-electron chi connectivity index (χ2n) is 4.47. The number of hydrogen-bond donors (Lipinski definition) is 0. The van der Waals surface area contributed by atoms with Crippen molar-refractivity contribution in [1.82, 2.24) is 0 Å². The standard InChI is InChI=1S/C13H18O4S/c1-3-4-9(2)13(14)16-6-10-5-15-11-7-18-8-12(11)17-10/h7-10H,3-6H2,1-2H3. The average molecular weight is 270 g/mol. The lowest BCUT2D eigenvalue weighted by Crippen LogP contribution is -2.34. The maximum absolute atomic E-state index is 11.7. The molecule has 0 saturated carbocycles. The van der Waals surface area contributed by atoms with Crippen molar-refractivity contribution in [3.8, 4) is 11.5 Å². The maximum atomic E-state index is 11.7. The summed E-state index contributed by atoms with van der Waals surface area (Å²) in [5.41, 5.74) is 0. The summed E-state index contributed by atoms with van der Waals surface area (Å²) in [7, 11) is 0. The molecular formula is C13H18O4S. The molecule has 2 atom stereocenters. The van der Waals surface area contributed by atoms with Crippen molar-refractivity contribution >= 4 is 17.3 Å². The van der Waals surface area contributed by atoms with Crippen LogP contribution >= 0.6 is 11.3 Å². The predicted octanol–water partition coefficient (Wildman–Crippen LogP) is 2.87. The lowest BCUT2D eigenvalue weighted by molar-refractivity contribution is -0.151. The molecule has 18 heavy (non-hydrogen) atoms. The van der Waals surface area contributed by atoms with E-state index in [2.05, 4.69) is 6.92 Å². The second-order valence-corrected chi connectivity index (χ2v) is 5.21. The van der Waals surface area contributed by atoms with Gasteiger partial charge in [0.1, 0.15) is 13.2 Å². The molecule has 0 N–H and O–H groups in total. The fourth-order valence-electron chi connectivity index (χ4n) is 1.81. The number of carbonyl (C=O) groups excluding carboxylic acids is 1. The van der Waals surface area contributed by atoms with E-state index in [-0.39, 0.29) is 24.6 Å². The number of carbonyl (C=O) groups is 1. The third-order valence-corrected chi connectivity index (χ3v) is 3.55. The number of rotatable bonds is 5.